The standard InChI is InChI=1S/C21H21F2N3O2/c1-28-10-9-25-12-15-7-8-26(13-14-3-2-4-19(25)20(14)15)21(27)24-18-11-16(22)5-6-17(18)23/h2-6,11-12H,7-10,13H2,1H3,(H,24,27). The van der Waals surface area contributed by atoms with Crippen molar-refractivity contribution in [3.05, 3.63) is 65.4 Å². The third-order valence-electron chi connectivity index (χ3n) is 5.08. The van der Waals surface area contributed by atoms with Gasteiger partial charge < -0.3 is 19.5 Å². The second-order valence-corrected chi connectivity index (χ2v) is 6.88. The smallest absolute Gasteiger partial charge is 0.322 e. The summed E-state index contributed by atoms with van der Waals surface area (Å²) in [4.78, 5) is 14.3. The van der Waals surface area contributed by atoms with Crippen molar-refractivity contribution in [2.45, 2.75) is 19.5 Å². The number of carbonyl (C=O) groups excluding carboxylic acids is 1. The lowest BCUT2D eigenvalue weighted by molar-refractivity contribution is 0.188. The van der Waals surface area contributed by atoms with Crippen LogP contribution in [-0.4, -0.2) is 35.8 Å². The van der Waals surface area contributed by atoms with Crippen LogP contribution in [0.1, 0.15) is 11.1 Å². The van der Waals surface area contributed by atoms with Crippen LogP contribution in [0.15, 0.2) is 42.6 Å². The lowest BCUT2D eigenvalue weighted by Crippen LogP contribution is -2.35. The van der Waals surface area contributed by atoms with Gasteiger partial charge in [-0.15, -0.1) is 0 Å². The third kappa shape index (κ3) is 3.45. The first-order valence-electron chi connectivity index (χ1n) is 9.16. The molecule has 0 atom stereocenters. The van der Waals surface area contributed by atoms with Crippen LogP contribution in [0.3, 0.4) is 0 Å². The molecule has 0 aliphatic carbocycles. The van der Waals surface area contributed by atoms with E-state index in [1.54, 1.807) is 12.0 Å². The number of aromatic nitrogens is 1. The maximum absolute atomic E-state index is 13.9. The summed E-state index contributed by atoms with van der Waals surface area (Å²) < 4.78 is 34.6. The first-order chi connectivity index (χ1) is 13.6. The predicted molar refractivity (Wildman–Crippen MR) is 103 cm³/mol. The summed E-state index contributed by atoms with van der Waals surface area (Å²) in [6.07, 6.45) is 2.80. The molecule has 1 N–H and O–H groups in total. The van der Waals surface area contributed by atoms with Gasteiger partial charge in [-0.3, -0.25) is 0 Å². The quantitative estimate of drug-likeness (QED) is 0.733. The van der Waals surface area contributed by atoms with Gasteiger partial charge in [0.1, 0.15) is 11.6 Å². The summed E-state index contributed by atoms with van der Waals surface area (Å²) in [7, 11) is 1.68. The van der Waals surface area contributed by atoms with Crippen molar-refractivity contribution in [1.29, 1.82) is 0 Å². The van der Waals surface area contributed by atoms with Crippen LogP contribution in [0.2, 0.25) is 0 Å². The highest BCUT2D eigenvalue weighted by molar-refractivity contribution is 5.92. The molecule has 0 fully saturated rings. The van der Waals surface area contributed by atoms with Gasteiger partial charge in [0, 0.05) is 49.9 Å². The van der Waals surface area contributed by atoms with E-state index in [0.717, 1.165) is 41.2 Å². The fourth-order valence-corrected chi connectivity index (χ4v) is 3.72. The molecule has 0 radical (unpaired) electrons. The number of methoxy groups -OCH3 is 1. The number of amides is 2. The Morgan fingerprint density at radius 1 is 1.21 bits per heavy atom. The first kappa shape index (κ1) is 18.4. The van der Waals surface area contributed by atoms with Crippen LogP contribution in [0, 0.1) is 11.6 Å². The van der Waals surface area contributed by atoms with Crippen molar-refractivity contribution >= 4 is 22.6 Å². The van der Waals surface area contributed by atoms with Crippen molar-refractivity contribution < 1.29 is 18.3 Å². The van der Waals surface area contributed by atoms with E-state index >= 15 is 0 Å². The molecule has 0 bridgehead atoms. The second-order valence-electron chi connectivity index (χ2n) is 6.88. The fourth-order valence-electron chi connectivity index (χ4n) is 3.72. The van der Waals surface area contributed by atoms with E-state index in [2.05, 4.69) is 22.1 Å². The Morgan fingerprint density at radius 2 is 2.07 bits per heavy atom. The average molecular weight is 385 g/mol. The number of benzene rings is 2. The van der Waals surface area contributed by atoms with E-state index < -0.39 is 17.7 Å². The molecule has 5 nitrogen and oxygen atoms in total. The van der Waals surface area contributed by atoms with Gasteiger partial charge in [-0.2, -0.15) is 0 Å². The zero-order chi connectivity index (χ0) is 19.7. The Balaban J connectivity index is 1.59. The lowest BCUT2D eigenvalue weighted by atomic mass is 10.1. The molecule has 2 amide bonds. The van der Waals surface area contributed by atoms with E-state index in [9.17, 15) is 13.6 Å². The molecule has 1 aromatic heterocycles. The number of anilines is 1. The summed E-state index contributed by atoms with van der Waals surface area (Å²) in [5.41, 5.74) is 3.17. The summed E-state index contributed by atoms with van der Waals surface area (Å²) >= 11 is 0. The minimum Gasteiger partial charge on any atom is -0.383 e. The van der Waals surface area contributed by atoms with Gasteiger partial charge in [0.2, 0.25) is 0 Å². The van der Waals surface area contributed by atoms with Crippen molar-refractivity contribution in [3.63, 3.8) is 0 Å². The molecular weight excluding hydrogens is 364 g/mol. The summed E-state index contributed by atoms with van der Waals surface area (Å²) in [5.74, 6) is -1.26. The average Bonchev–Trinajstić information content (AvgIpc) is 2.93. The molecule has 146 valence electrons. The largest absolute Gasteiger partial charge is 0.383 e. The summed E-state index contributed by atoms with van der Waals surface area (Å²) in [5, 5.41) is 3.65. The normalized spacial score (nSPS) is 13.6. The van der Waals surface area contributed by atoms with Crippen LogP contribution < -0.4 is 5.32 Å². The number of hydrogen-bond acceptors (Lipinski definition) is 2. The molecule has 1 aliphatic rings. The molecule has 0 spiro atoms. The molecule has 0 saturated carbocycles. The second kappa shape index (κ2) is 7.59. The number of nitrogens with one attached hydrogen (secondary N) is 1. The highest BCUT2D eigenvalue weighted by Crippen LogP contribution is 2.30. The number of nitrogens with zero attached hydrogens (tertiary/aromatic N) is 2. The van der Waals surface area contributed by atoms with Crippen molar-refractivity contribution in [1.82, 2.24) is 9.47 Å². The van der Waals surface area contributed by atoms with E-state index in [1.807, 2.05) is 12.1 Å². The lowest BCUT2D eigenvalue weighted by Gasteiger charge is -2.22. The molecule has 4 rings (SSSR count). The van der Waals surface area contributed by atoms with Crippen LogP contribution in [0.5, 0.6) is 0 Å². The van der Waals surface area contributed by atoms with Gasteiger partial charge in [0.15, 0.2) is 0 Å². The minimum absolute atomic E-state index is 0.156. The number of ether oxygens (including phenoxy) is 1. The highest BCUT2D eigenvalue weighted by atomic mass is 19.1. The van der Waals surface area contributed by atoms with Crippen molar-refractivity contribution in [3.8, 4) is 0 Å². The number of hydrogen-bond donors (Lipinski definition) is 1. The van der Waals surface area contributed by atoms with Gasteiger partial charge >= 0.3 is 6.03 Å². The van der Waals surface area contributed by atoms with Gasteiger partial charge in [-0.25, -0.2) is 13.6 Å². The van der Waals surface area contributed by atoms with Crippen LogP contribution in [-0.2, 0) is 24.2 Å². The highest BCUT2D eigenvalue weighted by Gasteiger charge is 2.23. The summed E-state index contributed by atoms with van der Waals surface area (Å²) in [6.45, 7) is 2.28. The van der Waals surface area contributed by atoms with Gasteiger partial charge in [0.25, 0.3) is 0 Å². The molecule has 7 heteroatoms. The van der Waals surface area contributed by atoms with Crippen LogP contribution >= 0.6 is 0 Å². The maximum Gasteiger partial charge on any atom is 0.322 e. The Kier molecular flexibility index (Phi) is 5.00. The zero-order valence-corrected chi connectivity index (χ0v) is 15.5. The Labute approximate surface area is 161 Å². The Morgan fingerprint density at radius 3 is 2.89 bits per heavy atom. The van der Waals surface area contributed by atoms with Gasteiger partial charge in [-0.1, -0.05) is 12.1 Å². The van der Waals surface area contributed by atoms with Gasteiger partial charge in [-0.05, 0) is 35.7 Å². The van der Waals surface area contributed by atoms with E-state index in [-0.39, 0.29) is 5.69 Å². The first-order valence-corrected chi connectivity index (χ1v) is 9.16. The van der Waals surface area contributed by atoms with Gasteiger partial charge in [0.05, 0.1) is 12.3 Å². The fraction of sp³-hybridized carbons (Fsp3) is 0.286. The molecule has 2 heterocycles. The third-order valence-corrected chi connectivity index (χ3v) is 5.08. The molecule has 3 aromatic rings. The van der Waals surface area contributed by atoms with E-state index in [1.165, 1.54) is 5.56 Å². The Hall–Kier alpha value is -2.93. The zero-order valence-electron chi connectivity index (χ0n) is 15.5. The molecule has 0 saturated heterocycles. The number of rotatable bonds is 4. The monoisotopic (exact) mass is 385 g/mol. The Bertz CT molecular complexity index is 1030. The number of urea groups is 1. The topological polar surface area (TPSA) is 46.5 Å². The van der Waals surface area contributed by atoms with Crippen molar-refractivity contribution in [2.24, 2.45) is 0 Å². The molecule has 1 aliphatic heterocycles. The SMILES string of the molecule is COCCn1cc2c3c(cccc31)CN(C(=O)Nc1cc(F)ccc1F)CC2. The number of carbonyl (C=O) groups is 1. The molecule has 0 unspecified atom stereocenters. The van der Waals surface area contributed by atoms with E-state index in [4.69, 9.17) is 4.74 Å². The number of halogens is 2. The summed E-state index contributed by atoms with van der Waals surface area (Å²) in [6, 6.07) is 8.60. The van der Waals surface area contributed by atoms with E-state index in [0.29, 0.717) is 26.1 Å². The predicted octanol–water partition coefficient (Wildman–Crippen LogP) is 4.16. The molecule has 2 aromatic carbocycles. The van der Waals surface area contributed by atoms with Crippen LogP contribution in [0.4, 0.5) is 19.3 Å². The molecule has 28 heavy (non-hydrogen) atoms. The van der Waals surface area contributed by atoms with Crippen molar-refractivity contribution in [2.75, 3.05) is 25.6 Å². The minimum atomic E-state index is -0.664. The molecular formula is C21H21F2N3O2. The van der Waals surface area contributed by atoms with Crippen LogP contribution in [0.25, 0.3) is 10.9 Å². The maximum atomic E-state index is 13.9.